The first-order valence-corrected chi connectivity index (χ1v) is 8.55. The fraction of sp³-hybridized carbons (Fsp3) is 0.583. The van der Waals surface area contributed by atoms with Crippen molar-refractivity contribution in [3.63, 3.8) is 0 Å². The lowest BCUT2D eigenvalue weighted by Gasteiger charge is -2.37. The molecule has 0 amide bonds. The van der Waals surface area contributed by atoms with Gasteiger partial charge in [0.05, 0.1) is 11.0 Å². The second-order valence-corrected chi connectivity index (χ2v) is 8.09. The lowest BCUT2D eigenvalue weighted by molar-refractivity contribution is 0.197. The van der Waals surface area contributed by atoms with Gasteiger partial charge in [0.25, 0.3) is 0 Å². The number of halogens is 2. The molecule has 7 heteroatoms. The zero-order valence-electron chi connectivity index (χ0n) is 10.8. The Hall–Kier alpha value is -0.360. The maximum absolute atomic E-state index is 11.8. The van der Waals surface area contributed by atoms with Crippen LogP contribution in [0.15, 0.2) is 12.1 Å². The van der Waals surface area contributed by atoms with E-state index in [4.69, 9.17) is 23.2 Å². The van der Waals surface area contributed by atoms with Crippen LogP contribution in [-0.2, 0) is 16.4 Å². The van der Waals surface area contributed by atoms with E-state index in [0.29, 0.717) is 23.4 Å². The van der Waals surface area contributed by atoms with E-state index >= 15 is 0 Å². The fourth-order valence-corrected chi connectivity index (χ4v) is 4.27. The van der Waals surface area contributed by atoms with E-state index < -0.39 is 9.84 Å². The van der Waals surface area contributed by atoms with Crippen LogP contribution in [0.3, 0.4) is 0 Å². The quantitative estimate of drug-likeness (QED) is 0.784. The molecule has 1 fully saturated rings. The lowest BCUT2D eigenvalue weighted by Crippen LogP contribution is -2.51. The highest BCUT2D eigenvalue weighted by atomic mass is 35.5. The summed E-state index contributed by atoms with van der Waals surface area (Å²) in [6.45, 7) is 4.79. The average molecular weight is 323 g/mol. The third kappa shape index (κ3) is 3.21. The van der Waals surface area contributed by atoms with E-state index in [2.05, 4.69) is 9.88 Å². The number of pyridine rings is 1. The number of rotatable bonds is 2. The van der Waals surface area contributed by atoms with Gasteiger partial charge in [0.1, 0.15) is 10.3 Å². The molecule has 0 aliphatic carbocycles. The van der Waals surface area contributed by atoms with Crippen molar-refractivity contribution >= 4 is 33.0 Å². The molecule has 0 N–H and O–H groups in total. The van der Waals surface area contributed by atoms with Gasteiger partial charge < -0.3 is 0 Å². The summed E-state index contributed by atoms with van der Waals surface area (Å²) >= 11 is 11.8. The largest absolute Gasteiger partial charge is 0.294 e. The minimum absolute atomic E-state index is 0.0366. The van der Waals surface area contributed by atoms with Crippen molar-refractivity contribution in [1.29, 1.82) is 0 Å². The lowest BCUT2D eigenvalue weighted by atomic mass is 10.1. The second kappa shape index (κ2) is 5.56. The molecule has 1 aromatic heterocycles. The summed E-state index contributed by atoms with van der Waals surface area (Å²) in [5, 5.41) is 0.373. The molecule has 2 rings (SSSR count). The second-order valence-electron chi connectivity index (χ2n) is 4.87. The molecule has 19 heavy (non-hydrogen) atoms. The van der Waals surface area contributed by atoms with E-state index in [1.807, 2.05) is 13.0 Å². The normalized spacial score (nSPS) is 27.4. The van der Waals surface area contributed by atoms with Gasteiger partial charge in [-0.05, 0) is 19.9 Å². The van der Waals surface area contributed by atoms with Gasteiger partial charge in [-0.2, -0.15) is 0 Å². The van der Waals surface area contributed by atoms with E-state index in [-0.39, 0.29) is 17.0 Å². The monoisotopic (exact) mass is 322 g/mol. The minimum Gasteiger partial charge on any atom is -0.294 e. The maximum atomic E-state index is 11.8. The summed E-state index contributed by atoms with van der Waals surface area (Å²) in [5.41, 5.74) is 0.865. The summed E-state index contributed by atoms with van der Waals surface area (Å²) < 4.78 is 23.6. The SMILES string of the molecule is C[C@@H]1[C@@H](C)S(=O)(=O)CCN1Cc1ccc(Cl)nc1Cl. The summed E-state index contributed by atoms with van der Waals surface area (Å²) in [6, 6.07) is 3.49. The van der Waals surface area contributed by atoms with E-state index in [1.165, 1.54) is 0 Å². The Morgan fingerprint density at radius 3 is 2.68 bits per heavy atom. The van der Waals surface area contributed by atoms with Gasteiger partial charge in [-0.15, -0.1) is 0 Å². The Balaban J connectivity index is 2.16. The zero-order valence-corrected chi connectivity index (χ0v) is 13.1. The van der Waals surface area contributed by atoms with Gasteiger partial charge >= 0.3 is 0 Å². The Labute approximate surface area is 123 Å². The first-order chi connectivity index (χ1) is 8.81. The number of hydrogen-bond acceptors (Lipinski definition) is 4. The summed E-state index contributed by atoms with van der Waals surface area (Å²) in [5.74, 6) is 0.192. The van der Waals surface area contributed by atoms with Gasteiger partial charge in [-0.25, -0.2) is 13.4 Å². The van der Waals surface area contributed by atoms with Crippen molar-refractivity contribution in [2.75, 3.05) is 12.3 Å². The Bertz CT molecular complexity index is 577. The Kier molecular flexibility index (Phi) is 4.40. The van der Waals surface area contributed by atoms with Crippen LogP contribution in [0.1, 0.15) is 19.4 Å². The molecule has 0 saturated carbocycles. The van der Waals surface area contributed by atoms with Crippen molar-refractivity contribution < 1.29 is 8.42 Å². The molecule has 106 valence electrons. The number of hydrogen-bond donors (Lipinski definition) is 0. The Morgan fingerprint density at radius 2 is 2.05 bits per heavy atom. The van der Waals surface area contributed by atoms with Crippen molar-refractivity contribution in [3.05, 3.63) is 28.0 Å². The van der Waals surface area contributed by atoms with Gasteiger partial charge in [0.2, 0.25) is 0 Å². The van der Waals surface area contributed by atoms with Gasteiger partial charge in [0, 0.05) is 24.7 Å². The predicted octanol–water partition coefficient (Wildman–Crippen LogP) is 2.40. The van der Waals surface area contributed by atoms with Crippen LogP contribution in [0.2, 0.25) is 10.3 Å². The number of nitrogens with zero attached hydrogens (tertiary/aromatic N) is 2. The summed E-state index contributed by atoms with van der Waals surface area (Å²) in [6.07, 6.45) is 0. The molecular formula is C12H16Cl2N2O2S. The number of aromatic nitrogens is 1. The van der Waals surface area contributed by atoms with Crippen molar-refractivity contribution in [2.24, 2.45) is 0 Å². The molecule has 1 saturated heterocycles. The summed E-state index contributed by atoms with van der Waals surface area (Å²) in [4.78, 5) is 6.11. The molecule has 4 nitrogen and oxygen atoms in total. The van der Waals surface area contributed by atoms with E-state index in [9.17, 15) is 8.42 Å². The van der Waals surface area contributed by atoms with Crippen LogP contribution < -0.4 is 0 Å². The highest BCUT2D eigenvalue weighted by Gasteiger charge is 2.35. The first-order valence-electron chi connectivity index (χ1n) is 6.08. The molecule has 0 bridgehead atoms. The van der Waals surface area contributed by atoms with Gasteiger partial charge in [-0.3, -0.25) is 4.90 Å². The first kappa shape index (κ1) is 15.0. The highest BCUT2D eigenvalue weighted by Crippen LogP contribution is 2.24. The topological polar surface area (TPSA) is 50.3 Å². The van der Waals surface area contributed by atoms with Gasteiger partial charge in [0.15, 0.2) is 9.84 Å². The molecule has 1 aliphatic rings. The van der Waals surface area contributed by atoms with Crippen molar-refractivity contribution in [1.82, 2.24) is 9.88 Å². The molecule has 0 aromatic carbocycles. The standard InChI is InChI=1S/C12H16Cl2N2O2S/c1-8-9(2)19(17,18)6-5-16(8)7-10-3-4-11(13)15-12(10)14/h3-4,8-9H,5-7H2,1-2H3/t8-,9-/m1/s1. The Morgan fingerprint density at radius 1 is 1.37 bits per heavy atom. The van der Waals surface area contributed by atoms with Crippen molar-refractivity contribution in [3.8, 4) is 0 Å². The number of sulfone groups is 1. The fourth-order valence-electron chi connectivity index (χ4n) is 2.23. The average Bonchev–Trinajstić information content (AvgIpc) is 2.33. The molecule has 2 heterocycles. The minimum atomic E-state index is -2.96. The highest BCUT2D eigenvalue weighted by molar-refractivity contribution is 7.92. The van der Waals surface area contributed by atoms with E-state index in [0.717, 1.165) is 5.56 Å². The van der Waals surface area contributed by atoms with Crippen LogP contribution in [-0.4, -0.2) is 41.9 Å². The maximum Gasteiger partial charge on any atom is 0.155 e. The molecule has 1 aliphatic heterocycles. The third-order valence-electron chi connectivity index (χ3n) is 3.75. The molecular weight excluding hydrogens is 307 g/mol. The summed E-state index contributed by atoms with van der Waals surface area (Å²) in [7, 11) is -2.96. The van der Waals surface area contributed by atoms with E-state index in [1.54, 1.807) is 13.0 Å². The van der Waals surface area contributed by atoms with Crippen LogP contribution in [0.5, 0.6) is 0 Å². The van der Waals surface area contributed by atoms with Crippen LogP contribution in [0, 0.1) is 0 Å². The van der Waals surface area contributed by atoms with Crippen LogP contribution in [0.4, 0.5) is 0 Å². The molecule has 0 unspecified atom stereocenters. The van der Waals surface area contributed by atoms with Crippen LogP contribution in [0.25, 0.3) is 0 Å². The molecule has 1 aromatic rings. The smallest absolute Gasteiger partial charge is 0.155 e. The predicted molar refractivity (Wildman–Crippen MR) is 77.4 cm³/mol. The molecule has 0 spiro atoms. The molecule has 0 radical (unpaired) electrons. The van der Waals surface area contributed by atoms with Crippen molar-refractivity contribution in [2.45, 2.75) is 31.7 Å². The zero-order chi connectivity index (χ0) is 14.2. The van der Waals surface area contributed by atoms with Gasteiger partial charge in [-0.1, -0.05) is 29.3 Å². The molecule has 2 atom stereocenters. The third-order valence-corrected chi connectivity index (χ3v) is 6.57. The van der Waals surface area contributed by atoms with Crippen LogP contribution >= 0.6 is 23.2 Å².